The second-order valence-corrected chi connectivity index (χ2v) is 5.48. The summed E-state index contributed by atoms with van der Waals surface area (Å²) in [6.07, 6.45) is 3.87. The topological polar surface area (TPSA) is 25.8 Å². The number of hydrogen-bond donors (Lipinski definition) is 0. The van der Waals surface area contributed by atoms with Gasteiger partial charge in [-0.3, -0.25) is 9.97 Å². The minimum Gasteiger partial charge on any atom is -0.261 e. The van der Waals surface area contributed by atoms with Gasteiger partial charge in [-0.2, -0.15) is 0 Å². The van der Waals surface area contributed by atoms with Gasteiger partial charge in [0.2, 0.25) is 0 Å². The molecule has 0 aliphatic heterocycles. The summed E-state index contributed by atoms with van der Waals surface area (Å²) in [7, 11) is 0. The predicted molar refractivity (Wildman–Crippen MR) is 95.1 cm³/mol. The van der Waals surface area contributed by atoms with Gasteiger partial charge >= 0.3 is 0 Å². The van der Waals surface area contributed by atoms with Crippen molar-refractivity contribution in [1.82, 2.24) is 9.97 Å². The van der Waals surface area contributed by atoms with E-state index in [2.05, 4.69) is 54.1 Å². The Morgan fingerprint density at radius 2 is 1.68 bits per heavy atom. The fourth-order valence-corrected chi connectivity index (χ4v) is 2.48. The molecule has 0 saturated carbocycles. The lowest BCUT2D eigenvalue weighted by atomic mass is 9.97. The molecule has 0 fully saturated rings. The van der Waals surface area contributed by atoms with Crippen molar-refractivity contribution in [3.8, 4) is 11.3 Å². The molecule has 1 aromatic carbocycles. The molecule has 114 valence electrons. The average Bonchev–Trinajstić information content (AvgIpc) is 2.56. The van der Waals surface area contributed by atoms with Gasteiger partial charge in [0.25, 0.3) is 0 Å². The molecule has 0 bridgehead atoms. The van der Waals surface area contributed by atoms with Gasteiger partial charge in [-0.25, -0.2) is 0 Å². The molecule has 0 spiro atoms. The van der Waals surface area contributed by atoms with Crippen LogP contribution in [0.2, 0.25) is 0 Å². The number of fused-ring (bicyclic) bond motifs is 1. The van der Waals surface area contributed by atoms with Crippen LogP contribution in [0.1, 0.15) is 44.9 Å². The Labute approximate surface area is 133 Å². The molecule has 0 aliphatic rings. The maximum Gasteiger partial charge on any atom is 0.0723 e. The zero-order chi connectivity index (χ0) is 16.1. The number of pyridine rings is 2. The van der Waals surface area contributed by atoms with E-state index in [1.165, 1.54) is 16.3 Å². The van der Waals surface area contributed by atoms with E-state index in [1.807, 2.05) is 39.2 Å². The van der Waals surface area contributed by atoms with Crippen LogP contribution in [0.15, 0.2) is 48.8 Å². The van der Waals surface area contributed by atoms with Crippen LogP contribution in [0.5, 0.6) is 0 Å². The van der Waals surface area contributed by atoms with Gasteiger partial charge in [0.15, 0.2) is 0 Å². The fourth-order valence-electron chi connectivity index (χ4n) is 2.48. The Morgan fingerprint density at radius 3 is 2.32 bits per heavy atom. The highest BCUT2D eigenvalue weighted by Crippen LogP contribution is 2.27. The van der Waals surface area contributed by atoms with E-state index in [9.17, 15) is 0 Å². The van der Waals surface area contributed by atoms with Crippen LogP contribution in [0, 0.1) is 6.92 Å². The van der Waals surface area contributed by atoms with Gasteiger partial charge in [0.05, 0.1) is 5.69 Å². The second-order valence-electron chi connectivity index (χ2n) is 5.48. The molecule has 0 saturated heterocycles. The van der Waals surface area contributed by atoms with Gasteiger partial charge < -0.3 is 0 Å². The fraction of sp³-hybridized carbons (Fsp3) is 0.300. The summed E-state index contributed by atoms with van der Waals surface area (Å²) < 4.78 is 0. The smallest absolute Gasteiger partial charge is 0.0723 e. The van der Waals surface area contributed by atoms with Crippen LogP contribution in [-0.2, 0) is 0 Å². The lowest BCUT2D eigenvalue weighted by molar-refractivity contribution is 0.876. The van der Waals surface area contributed by atoms with Crippen LogP contribution < -0.4 is 0 Å². The van der Waals surface area contributed by atoms with Crippen LogP contribution in [0.4, 0.5) is 0 Å². The highest BCUT2D eigenvalue weighted by molar-refractivity contribution is 5.88. The summed E-state index contributed by atoms with van der Waals surface area (Å²) in [5, 5.41) is 2.48. The zero-order valence-corrected chi connectivity index (χ0v) is 14.1. The molecule has 3 rings (SSSR count). The molecular weight excluding hydrogens is 268 g/mol. The predicted octanol–water partition coefficient (Wildman–Crippen LogP) is 5.75. The Morgan fingerprint density at radius 1 is 0.909 bits per heavy atom. The Hall–Kier alpha value is -2.22. The van der Waals surface area contributed by atoms with Gasteiger partial charge in [-0.1, -0.05) is 45.9 Å². The Kier molecular flexibility index (Phi) is 5.26. The van der Waals surface area contributed by atoms with Crippen molar-refractivity contribution >= 4 is 10.8 Å². The van der Waals surface area contributed by atoms with Crippen LogP contribution in [-0.4, -0.2) is 9.97 Å². The summed E-state index contributed by atoms with van der Waals surface area (Å²) in [5.41, 5.74) is 4.42. The molecule has 3 aromatic rings. The third-order valence-corrected chi connectivity index (χ3v) is 3.63. The molecule has 0 amide bonds. The molecular formula is C20H24N2. The van der Waals surface area contributed by atoms with Crippen molar-refractivity contribution in [2.75, 3.05) is 0 Å². The summed E-state index contributed by atoms with van der Waals surface area (Å²) in [4.78, 5) is 8.95. The lowest BCUT2D eigenvalue weighted by Crippen LogP contribution is -1.92. The van der Waals surface area contributed by atoms with E-state index in [-0.39, 0.29) is 0 Å². The first kappa shape index (κ1) is 16.2. The third kappa shape index (κ3) is 3.33. The van der Waals surface area contributed by atoms with E-state index < -0.39 is 0 Å². The number of benzene rings is 1. The Balaban J connectivity index is 0.000000847. The van der Waals surface area contributed by atoms with Gasteiger partial charge in [0, 0.05) is 29.0 Å². The first-order valence-electron chi connectivity index (χ1n) is 7.97. The molecule has 2 nitrogen and oxygen atoms in total. The molecule has 2 heteroatoms. The van der Waals surface area contributed by atoms with Gasteiger partial charge in [0.1, 0.15) is 0 Å². The van der Waals surface area contributed by atoms with Crippen molar-refractivity contribution in [2.24, 2.45) is 0 Å². The number of hydrogen-bond acceptors (Lipinski definition) is 2. The molecule has 0 atom stereocenters. The summed E-state index contributed by atoms with van der Waals surface area (Å²) in [5.74, 6) is 0.507. The van der Waals surface area contributed by atoms with Crippen LogP contribution in [0.3, 0.4) is 0 Å². The molecule has 22 heavy (non-hydrogen) atoms. The maximum atomic E-state index is 4.61. The van der Waals surface area contributed by atoms with E-state index in [0.717, 1.165) is 17.0 Å². The van der Waals surface area contributed by atoms with E-state index >= 15 is 0 Å². The van der Waals surface area contributed by atoms with Crippen molar-refractivity contribution in [2.45, 2.75) is 40.5 Å². The minimum absolute atomic E-state index is 0.507. The first-order chi connectivity index (χ1) is 10.6. The minimum atomic E-state index is 0.507. The zero-order valence-electron chi connectivity index (χ0n) is 14.1. The summed E-state index contributed by atoms with van der Waals surface area (Å²) in [6.45, 7) is 10.4. The quantitative estimate of drug-likeness (QED) is 0.600. The number of aromatic nitrogens is 2. The first-order valence-corrected chi connectivity index (χ1v) is 7.97. The second kappa shape index (κ2) is 7.17. The van der Waals surface area contributed by atoms with Crippen LogP contribution >= 0.6 is 0 Å². The van der Waals surface area contributed by atoms with Crippen molar-refractivity contribution in [1.29, 1.82) is 0 Å². The molecule has 2 aromatic heterocycles. The largest absolute Gasteiger partial charge is 0.261 e. The highest BCUT2D eigenvalue weighted by atomic mass is 14.7. The Bertz CT molecular complexity index is 743. The highest BCUT2D eigenvalue weighted by Gasteiger charge is 2.07. The number of rotatable bonds is 2. The van der Waals surface area contributed by atoms with Gasteiger partial charge in [-0.15, -0.1) is 0 Å². The van der Waals surface area contributed by atoms with E-state index in [1.54, 1.807) is 0 Å². The van der Waals surface area contributed by atoms with E-state index in [0.29, 0.717) is 5.92 Å². The van der Waals surface area contributed by atoms with Crippen molar-refractivity contribution < 1.29 is 0 Å². The number of aryl methyl sites for hydroxylation is 1. The van der Waals surface area contributed by atoms with Crippen molar-refractivity contribution in [3.63, 3.8) is 0 Å². The SMILES string of the molecule is CC.Cc1ccc(-c2cc3cccc(C(C)C)c3cn2)cn1. The molecule has 0 aliphatic carbocycles. The molecule has 0 radical (unpaired) electrons. The van der Waals surface area contributed by atoms with Crippen molar-refractivity contribution in [3.05, 3.63) is 60.0 Å². The molecule has 2 heterocycles. The summed E-state index contributed by atoms with van der Waals surface area (Å²) >= 11 is 0. The van der Waals surface area contributed by atoms with Crippen LogP contribution in [0.25, 0.3) is 22.0 Å². The molecule has 0 unspecified atom stereocenters. The van der Waals surface area contributed by atoms with Gasteiger partial charge in [-0.05, 0) is 42.0 Å². The monoisotopic (exact) mass is 292 g/mol. The third-order valence-electron chi connectivity index (χ3n) is 3.63. The molecule has 0 N–H and O–H groups in total. The average molecular weight is 292 g/mol. The number of nitrogens with zero attached hydrogens (tertiary/aromatic N) is 2. The standard InChI is InChI=1S/C18H18N2.C2H6/c1-12(2)16-6-4-5-14-9-18(20-11-17(14)16)15-8-7-13(3)19-10-15;1-2/h4-12H,1-3H3;1-2H3. The lowest BCUT2D eigenvalue weighted by Gasteiger charge is -2.10. The summed E-state index contributed by atoms with van der Waals surface area (Å²) in [6, 6.07) is 12.7. The van der Waals surface area contributed by atoms with E-state index in [4.69, 9.17) is 0 Å². The maximum absolute atomic E-state index is 4.61. The normalized spacial score (nSPS) is 10.5.